The molecule has 0 unspecified atom stereocenters. The minimum Gasteiger partial charge on any atom is -0.494 e. The Morgan fingerprint density at radius 2 is 1.77 bits per heavy atom. The summed E-state index contributed by atoms with van der Waals surface area (Å²) in [5.74, 6) is 0.278. The molecule has 2 aromatic heterocycles. The fourth-order valence-corrected chi connectivity index (χ4v) is 5.53. The Bertz CT molecular complexity index is 1850. The van der Waals surface area contributed by atoms with Crippen LogP contribution in [0.3, 0.4) is 0 Å². The Balaban J connectivity index is 1.33. The molecule has 5 aromatic rings. The van der Waals surface area contributed by atoms with Crippen LogP contribution >= 0.6 is 22.9 Å². The second-order valence-corrected chi connectivity index (χ2v) is 10.1. The van der Waals surface area contributed by atoms with Crippen molar-refractivity contribution in [2.45, 2.75) is 6.92 Å². The van der Waals surface area contributed by atoms with Gasteiger partial charge in [-0.15, -0.1) is 5.10 Å². The first-order chi connectivity index (χ1) is 18.9. The summed E-state index contributed by atoms with van der Waals surface area (Å²) >= 11 is 7.06. The minimum absolute atomic E-state index is 0.220. The summed E-state index contributed by atoms with van der Waals surface area (Å²) in [7, 11) is 0. The van der Waals surface area contributed by atoms with Gasteiger partial charge in [0.25, 0.3) is 11.5 Å². The fourth-order valence-electron chi connectivity index (χ4n) is 4.41. The molecule has 0 fully saturated rings. The van der Waals surface area contributed by atoms with E-state index in [1.807, 2.05) is 6.92 Å². The first kappa shape index (κ1) is 24.8. The van der Waals surface area contributed by atoms with Gasteiger partial charge in [-0.1, -0.05) is 41.1 Å². The number of nitrogens with zero attached hydrogens (tertiary/aromatic N) is 4. The Kier molecular flexibility index (Phi) is 6.34. The molecule has 194 valence electrons. The molecule has 1 N–H and O–H groups in total. The van der Waals surface area contributed by atoms with Crippen LogP contribution in [0.15, 0.2) is 77.6 Å². The molecule has 0 saturated heterocycles. The summed E-state index contributed by atoms with van der Waals surface area (Å²) in [6, 6.07) is 21.1. The summed E-state index contributed by atoms with van der Waals surface area (Å²) in [6.07, 6.45) is 0. The number of halogens is 1. The normalized spacial score (nSPS) is 14.1. The lowest BCUT2D eigenvalue weighted by Crippen LogP contribution is -2.37. The van der Waals surface area contributed by atoms with Crippen molar-refractivity contribution in [3.8, 4) is 17.1 Å². The van der Waals surface area contributed by atoms with Gasteiger partial charge in [-0.2, -0.15) is 9.50 Å². The first-order valence-corrected chi connectivity index (χ1v) is 13.3. The highest BCUT2D eigenvalue weighted by Gasteiger charge is 2.35. The van der Waals surface area contributed by atoms with Gasteiger partial charge in [-0.3, -0.25) is 19.3 Å². The molecule has 3 heterocycles. The average molecular weight is 558 g/mol. The zero-order chi connectivity index (χ0) is 27.1. The van der Waals surface area contributed by atoms with Crippen LogP contribution in [0.25, 0.3) is 21.9 Å². The molecule has 0 saturated carbocycles. The van der Waals surface area contributed by atoms with Gasteiger partial charge in [0.1, 0.15) is 16.8 Å². The maximum Gasteiger partial charge on any atom is 0.291 e. The number of amides is 2. The number of hydrogen-bond donors (Lipinski definition) is 1. The Hall–Kier alpha value is -4.54. The second-order valence-electron chi connectivity index (χ2n) is 8.66. The van der Waals surface area contributed by atoms with Crippen molar-refractivity contribution in [3.63, 3.8) is 0 Å². The number of carbonyl (C=O) groups excluding carboxylic acids is 2. The molecule has 0 aliphatic carbocycles. The number of fused-ring (bicyclic) bond motifs is 2. The predicted octanol–water partition coefficient (Wildman–Crippen LogP) is 3.77. The number of hydrogen-bond acceptors (Lipinski definition) is 7. The molecule has 1 aliphatic rings. The third-order valence-electron chi connectivity index (χ3n) is 6.16. The first-order valence-electron chi connectivity index (χ1n) is 12.1. The maximum atomic E-state index is 13.6. The van der Waals surface area contributed by atoms with E-state index in [9.17, 15) is 14.4 Å². The highest BCUT2D eigenvalue weighted by atomic mass is 35.5. The largest absolute Gasteiger partial charge is 0.494 e. The van der Waals surface area contributed by atoms with E-state index in [1.165, 1.54) is 9.42 Å². The number of anilines is 2. The van der Waals surface area contributed by atoms with E-state index < -0.39 is 11.5 Å². The number of rotatable bonds is 6. The minimum atomic E-state index is -0.443. The number of carbonyl (C=O) groups is 2. The van der Waals surface area contributed by atoms with Crippen LogP contribution in [0.2, 0.25) is 5.02 Å². The quantitative estimate of drug-likeness (QED) is 0.341. The molecule has 0 radical (unpaired) electrons. The summed E-state index contributed by atoms with van der Waals surface area (Å²) in [4.78, 5) is 46.2. The number of aromatic nitrogens is 3. The van der Waals surface area contributed by atoms with E-state index in [0.29, 0.717) is 45.1 Å². The number of ether oxygens (including phenoxy) is 1. The van der Waals surface area contributed by atoms with Crippen molar-refractivity contribution in [1.29, 1.82) is 0 Å². The molecular formula is C28H20ClN5O4S. The second kappa shape index (κ2) is 9.97. The third-order valence-corrected chi connectivity index (χ3v) is 7.44. The highest BCUT2D eigenvalue weighted by Crippen LogP contribution is 2.35. The number of para-hydroxylation sites is 1. The van der Waals surface area contributed by atoms with Gasteiger partial charge in [0, 0.05) is 21.8 Å². The molecule has 3 aromatic carbocycles. The van der Waals surface area contributed by atoms with Gasteiger partial charge in [0.15, 0.2) is 5.82 Å². The predicted molar refractivity (Wildman–Crippen MR) is 150 cm³/mol. The summed E-state index contributed by atoms with van der Waals surface area (Å²) < 4.78 is 6.86. The van der Waals surface area contributed by atoms with Crippen LogP contribution in [-0.4, -0.2) is 39.6 Å². The highest BCUT2D eigenvalue weighted by molar-refractivity contribution is 7.15. The molecular weight excluding hydrogens is 538 g/mol. The van der Waals surface area contributed by atoms with E-state index in [4.69, 9.17) is 16.3 Å². The number of nitrogens with one attached hydrogen (secondary N) is 1. The van der Waals surface area contributed by atoms with Crippen LogP contribution in [-0.2, 0) is 9.59 Å². The van der Waals surface area contributed by atoms with Crippen molar-refractivity contribution >= 4 is 56.7 Å². The van der Waals surface area contributed by atoms with E-state index in [1.54, 1.807) is 72.8 Å². The maximum absolute atomic E-state index is 13.6. The zero-order valence-electron chi connectivity index (χ0n) is 20.6. The molecule has 0 bridgehead atoms. The topological polar surface area (TPSA) is 106 Å². The lowest BCUT2D eigenvalue weighted by atomic mass is 10.1. The Labute approximate surface area is 230 Å². The van der Waals surface area contributed by atoms with Crippen molar-refractivity contribution in [2.24, 2.45) is 0 Å². The smallest absolute Gasteiger partial charge is 0.291 e. The van der Waals surface area contributed by atoms with E-state index in [2.05, 4.69) is 15.4 Å². The van der Waals surface area contributed by atoms with Crippen LogP contribution in [0.4, 0.5) is 11.4 Å². The standard InChI is InChI=1S/C28H20ClN5O4S/c1-2-38-19-13-11-18(12-14-19)30-22(35)15-33-21-6-4-3-5-20(21)23(26(33)36)24-27(37)34-28(39-24)31-25(32-34)16-7-9-17(29)10-8-16/h3-14H,2,15H2,1H3,(H,30,35)/b24-23-. The Morgan fingerprint density at radius 3 is 2.49 bits per heavy atom. The zero-order valence-corrected chi connectivity index (χ0v) is 22.1. The van der Waals surface area contributed by atoms with Gasteiger partial charge < -0.3 is 10.1 Å². The monoisotopic (exact) mass is 557 g/mol. The van der Waals surface area contributed by atoms with Gasteiger partial charge in [-0.05, 0) is 61.5 Å². The molecule has 39 heavy (non-hydrogen) atoms. The van der Waals surface area contributed by atoms with Crippen LogP contribution in [0, 0.1) is 0 Å². The molecule has 6 rings (SSSR count). The SMILES string of the molecule is CCOc1ccc(NC(=O)CN2C(=O)/C(=c3\sc4nc(-c5ccc(Cl)cc5)nn4c3=O)c3ccccc32)cc1. The van der Waals surface area contributed by atoms with Crippen molar-refractivity contribution in [1.82, 2.24) is 14.6 Å². The van der Waals surface area contributed by atoms with E-state index in [0.717, 1.165) is 16.9 Å². The van der Waals surface area contributed by atoms with Gasteiger partial charge in [0.2, 0.25) is 10.9 Å². The van der Waals surface area contributed by atoms with Gasteiger partial charge in [-0.25, -0.2) is 0 Å². The van der Waals surface area contributed by atoms with Crippen LogP contribution in [0.1, 0.15) is 12.5 Å². The number of thiazole rings is 1. The lowest BCUT2D eigenvalue weighted by Gasteiger charge is -2.16. The molecule has 1 aliphatic heterocycles. The van der Waals surface area contributed by atoms with Crippen LogP contribution in [0.5, 0.6) is 5.75 Å². The summed E-state index contributed by atoms with van der Waals surface area (Å²) in [5, 5.41) is 7.76. The van der Waals surface area contributed by atoms with Crippen LogP contribution < -0.4 is 25.0 Å². The molecule has 0 spiro atoms. The third kappa shape index (κ3) is 4.53. The van der Waals surface area contributed by atoms with Crippen molar-refractivity contribution < 1.29 is 14.3 Å². The van der Waals surface area contributed by atoms with Gasteiger partial charge >= 0.3 is 0 Å². The summed E-state index contributed by atoms with van der Waals surface area (Å²) in [6.45, 7) is 2.22. The van der Waals surface area contributed by atoms with Gasteiger partial charge in [0.05, 0.1) is 17.9 Å². The van der Waals surface area contributed by atoms with E-state index >= 15 is 0 Å². The molecule has 11 heteroatoms. The molecule has 9 nitrogen and oxygen atoms in total. The molecule has 2 amide bonds. The summed E-state index contributed by atoms with van der Waals surface area (Å²) in [5.41, 5.74) is 2.22. The fraction of sp³-hybridized carbons (Fsp3) is 0.107. The van der Waals surface area contributed by atoms with E-state index in [-0.39, 0.29) is 22.6 Å². The van der Waals surface area contributed by atoms with Crippen molar-refractivity contribution in [3.05, 3.63) is 98.3 Å². The number of benzene rings is 3. The van der Waals surface area contributed by atoms with Crippen molar-refractivity contribution in [2.75, 3.05) is 23.4 Å². The molecule has 0 atom stereocenters. The lowest BCUT2D eigenvalue weighted by molar-refractivity contribution is -0.118. The Morgan fingerprint density at radius 1 is 1.03 bits per heavy atom. The average Bonchev–Trinajstić information content (AvgIpc) is 3.57.